The van der Waals surface area contributed by atoms with Gasteiger partial charge in [-0.05, 0) is 24.3 Å². The molecule has 0 radical (unpaired) electrons. The third kappa shape index (κ3) is 3.79. The molecule has 8 heteroatoms. The van der Waals surface area contributed by atoms with Crippen LogP contribution in [-0.4, -0.2) is 29.7 Å². The van der Waals surface area contributed by atoms with Gasteiger partial charge in [0.2, 0.25) is 5.91 Å². The largest absolute Gasteiger partial charge is 0.430 e. The third-order valence-electron chi connectivity index (χ3n) is 3.85. The van der Waals surface area contributed by atoms with Gasteiger partial charge in [-0.25, -0.2) is 9.89 Å². The van der Waals surface area contributed by atoms with E-state index in [0.717, 1.165) is 9.37 Å². The maximum absolute atomic E-state index is 12.9. The van der Waals surface area contributed by atoms with Crippen LogP contribution < -0.4 is 4.90 Å². The van der Waals surface area contributed by atoms with Crippen LogP contribution in [0.3, 0.4) is 0 Å². The van der Waals surface area contributed by atoms with Crippen LogP contribution in [0.1, 0.15) is 25.0 Å². The van der Waals surface area contributed by atoms with E-state index in [9.17, 15) is 14.4 Å². The molecule has 0 saturated heterocycles. The Kier molecular flexibility index (Phi) is 5.43. The predicted molar refractivity (Wildman–Crippen MR) is 105 cm³/mol. The van der Waals surface area contributed by atoms with Gasteiger partial charge < -0.3 is 4.74 Å². The van der Waals surface area contributed by atoms with Crippen molar-refractivity contribution < 1.29 is 19.1 Å². The summed E-state index contributed by atoms with van der Waals surface area (Å²) in [6.45, 7) is 2.43. The van der Waals surface area contributed by atoms with Crippen LogP contribution in [0.4, 0.5) is 5.69 Å². The minimum absolute atomic E-state index is 0.337. The molecule has 2 aromatic carbocycles. The number of ether oxygens (including phenoxy) is 1. The van der Waals surface area contributed by atoms with Gasteiger partial charge in [0.1, 0.15) is 0 Å². The number of benzodiazepines with no additional fused rings is 1. The fourth-order valence-electron chi connectivity index (χ4n) is 2.79. The van der Waals surface area contributed by atoms with Crippen LogP contribution in [0.15, 0.2) is 51.9 Å². The summed E-state index contributed by atoms with van der Waals surface area (Å²) in [7, 11) is 0. The van der Waals surface area contributed by atoms with Crippen LogP contribution in [0, 0.1) is 0 Å². The zero-order chi connectivity index (χ0) is 19.7. The molecule has 0 aliphatic carbocycles. The molecular formula is C19H14BrClN2O4. The Morgan fingerprint density at radius 3 is 2.48 bits per heavy atom. The van der Waals surface area contributed by atoms with Crippen molar-refractivity contribution in [2.45, 2.75) is 20.1 Å². The second-order valence-corrected chi connectivity index (χ2v) is 7.10. The summed E-state index contributed by atoms with van der Waals surface area (Å²) in [5.74, 6) is -1.95. The number of fused-ring (bicyclic) bond motifs is 1. The van der Waals surface area contributed by atoms with Gasteiger partial charge in [0.05, 0.1) is 11.4 Å². The number of nitrogens with zero attached hydrogens (tertiary/aromatic N) is 2. The fourth-order valence-corrected chi connectivity index (χ4v) is 3.38. The Bertz CT molecular complexity index is 989. The van der Waals surface area contributed by atoms with Crippen molar-refractivity contribution in [3.05, 3.63) is 63.1 Å². The summed E-state index contributed by atoms with van der Waals surface area (Å²) in [4.78, 5) is 42.0. The lowest BCUT2D eigenvalue weighted by Gasteiger charge is -2.21. The summed E-state index contributed by atoms with van der Waals surface area (Å²) >= 11 is 9.74. The average molecular weight is 450 g/mol. The number of halogens is 2. The number of aliphatic imine (C=N–C) groups is 1. The number of hydrogen-bond donors (Lipinski definition) is 0. The zero-order valence-corrected chi connectivity index (χ0v) is 16.7. The summed E-state index contributed by atoms with van der Waals surface area (Å²) in [6.07, 6.45) is -1.50. The number of carbonyl (C=O) groups excluding carboxylic acids is 3. The molecule has 1 aliphatic rings. The van der Waals surface area contributed by atoms with E-state index < -0.39 is 24.0 Å². The van der Waals surface area contributed by atoms with Gasteiger partial charge in [-0.15, -0.1) is 0 Å². The van der Waals surface area contributed by atoms with Crippen LogP contribution >= 0.6 is 27.5 Å². The number of imide groups is 1. The summed E-state index contributed by atoms with van der Waals surface area (Å²) in [6, 6.07) is 12.0. The number of benzene rings is 2. The Labute approximate surface area is 168 Å². The number of anilines is 1. The minimum atomic E-state index is -1.50. The summed E-state index contributed by atoms with van der Waals surface area (Å²) in [5, 5.41) is 0.410. The topological polar surface area (TPSA) is 76.0 Å². The van der Waals surface area contributed by atoms with E-state index in [1.54, 1.807) is 42.5 Å². The van der Waals surface area contributed by atoms with Crippen molar-refractivity contribution in [3.8, 4) is 0 Å². The van der Waals surface area contributed by atoms with Crippen molar-refractivity contribution >= 4 is 56.7 Å². The smallest absolute Gasteiger partial charge is 0.305 e. The van der Waals surface area contributed by atoms with E-state index in [1.807, 2.05) is 0 Å². The molecule has 1 atom stereocenters. The molecule has 6 nitrogen and oxygen atoms in total. The van der Waals surface area contributed by atoms with Crippen LogP contribution in [-0.2, 0) is 19.1 Å². The second kappa shape index (κ2) is 7.62. The highest BCUT2D eigenvalue weighted by Crippen LogP contribution is 2.33. The van der Waals surface area contributed by atoms with Crippen LogP contribution in [0.25, 0.3) is 0 Å². The molecule has 138 valence electrons. The molecule has 0 bridgehead atoms. The lowest BCUT2D eigenvalue weighted by atomic mass is 10.00. The zero-order valence-electron chi connectivity index (χ0n) is 14.4. The van der Waals surface area contributed by atoms with E-state index in [2.05, 4.69) is 20.9 Å². The van der Waals surface area contributed by atoms with E-state index in [0.29, 0.717) is 27.5 Å². The Morgan fingerprint density at radius 1 is 1.15 bits per heavy atom. The normalized spacial score (nSPS) is 16.3. The molecule has 0 unspecified atom stereocenters. The lowest BCUT2D eigenvalue weighted by Crippen LogP contribution is -2.42. The maximum Gasteiger partial charge on any atom is 0.305 e. The first-order chi connectivity index (χ1) is 12.8. The van der Waals surface area contributed by atoms with Crippen molar-refractivity contribution in [2.75, 3.05) is 4.90 Å². The molecule has 1 aliphatic heterocycles. The van der Waals surface area contributed by atoms with Crippen molar-refractivity contribution in [1.82, 2.24) is 0 Å². The number of esters is 1. The molecule has 0 fully saturated rings. The SMILES string of the molecule is CC(=O)O[C@H]1N=C(c2ccccc2Cl)c2cc(Br)ccc2N(C(C)=O)C1=O. The Hall–Kier alpha value is -2.51. The van der Waals surface area contributed by atoms with Crippen molar-refractivity contribution in [1.29, 1.82) is 0 Å². The van der Waals surface area contributed by atoms with Gasteiger partial charge in [0.15, 0.2) is 0 Å². The summed E-state index contributed by atoms with van der Waals surface area (Å²) < 4.78 is 5.82. The summed E-state index contributed by atoms with van der Waals surface area (Å²) in [5.41, 5.74) is 1.74. The molecule has 0 spiro atoms. The van der Waals surface area contributed by atoms with Crippen molar-refractivity contribution in [3.63, 3.8) is 0 Å². The number of amides is 2. The highest BCUT2D eigenvalue weighted by Gasteiger charge is 2.36. The minimum Gasteiger partial charge on any atom is -0.430 e. The Morgan fingerprint density at radius 2 is 1.85 bits per heavy atom. The molecule has 3 rings (SSSR count). The van der Waals surface area contributed by atoms with Crippen LogP contribution in [0.5, 0.6) is 0 Å². The maximum atomic E-state index is 12.9. The molecule has 0 saturated carbocycles. The Balaban J connectivity index is 2.33. The standard InChI is InChI=1S/C19H14BrClN2O4/c1-10(24)23-16-8-7-12(20)9-14(16)17(13-5-3-4-6-15(13)21)22-18(19(23)26)27-11(2)25/h3-9,18H,1-2H3/t18-/m1/s1. The van der Waals surface area contributed by atoms with E-state index >= 15 is 0 Å². The van der Waals surface area contributed by atoms with E-state index in [-0.39, 0.29) is 0 Å². The molecule has 0 N–H and O–H groups in total. The van der Waals surface area contributed by atoms with Gasteiger partial charge in [-0.2, -0.15) is 0 Å². The number of rotatable bonds is 2. The van der Waals surface area contributed by atoms with Gasteiger partial charge in [0, 0.05) is 34.5 Å². The fraction of sp³-hybridized carbons (Fsp3) is 0.158. The third-order valence-corrected chi connectivity index (χ3v) is 4.68. The first kappa shape index (κ1) is 19.3. The molecular weight excluding hydrogens is 436 g/mol. The monoisotopic (exact) mass is 448 g/mol. The molecule has 1 heterocycles. The van der Waals surface area contributed by atoms with Gasteiger partial charge in [-0.3, -0.25) is 14.4 Å². The van der Waals surface area contributed by atoms with Gasteiger partial charge in [0.25, 0.3) is 12.1 Å². The molecule has 2 aromatic rings. The molecule has 27 heavy (non-hydrogen) atoms. The van der Waals surface area contributed by atoms with E-state index in [4.69, 9.17) is 16.3 Å². The van der Waals surface area contributed by atoms with Crippen molar-refractivity contribution in [2.24, 2.45) is 4.99 Å². The molecule has 2 amide bonds. The van der Waals surface area contributed by atoms with Gasteiger partial charge >= 0.3 is 5.97 Å². The lowest BCUT2D eigenvalue weighted by molar-refractivity contribution is -0.152. The van der Waals surface area contributed by atoms with Gasteiger partial charge in [-0.1, -0.05) is 45.7 Å². The highest BCUT2D eigenvalue weighted by molar-refractivity contribution is 9.10. The molecule has 0 aromatic heterocycles. The highest BCUT2D eigenvalue weighted by atomic mass is 79.9. The first-order valence-corrected chi connectivity index (χ1v) is 9.11. The quantitative estimate of drug-likeness (QED) is 0.655. The van der Waals surface area contributed by atoms with E-state index in [1.165, 1.54) is 13.8 Å². The number of hydrogen-bond acceptors (Lipinski definition) is 5. The second-order valence-electron chi connectivity index (χ2n) is 5.77. The number of carbonyl (C=O) groups is 3. The first-order valence-electron chi connectivity index (χ1n) is 7.94. The average Bonchev–Trinajstić information content (AvgIpc) is 2.70. The van der Waals surface area contributed by atoms with Crippen LogP contribution in [0.2, 0.25) is 5.02 Å². The predicted octanol–water partition coefficient (Wildman–Crippen LogP) is 3.72.